The zero-order valence-electron chi connectivity index (χ0n) is 9.73. The third kappa shape index (κ3) is 3.90. The normalized spacial score (nSPS) is 11.9. The van der Waals surface area contributed by atoms with Gasteiger partial charge in [0.15, 0.2) is 6.79 Å². The summed E-state index contributed by atoms with van der Waals surface area (Å²) in [6, 6.07) is 7.35. The molecule has 0 aromatic heterocycles. The SMILES string of the molecule is COCOc1ccc([C@@H](C)OC(C)=O)cc1. The first-order valence-electron chi connectivity index (χ1n) is 5.02. The van der Waals surface area contributed by atoms with Crippen molar-refractivity contribution in [1.82, 2.24) is 0 Å². The molecular formula is C12H16O4. The van der Waals surface area contributed by atoms with Crippen molar-refractivity contribution < 1.29 is 19.0 Å². The minimum Gasteiger partial charge on any atom is -0.468 e. The molecule has 1 aromatic carbocycles. The first-order chi connectivity index (χ1) is 7.63. The Labute approximate surface area is 95.1 Å². The van der Waals surface area contributed by atoms with E-state index in [4.69, 9.17) is 14.2 Å². The van der Waals surface area contributed by atoms with E-state index in [1.54, 1.807) is 7.11 Å². The molecule has 0 radical (unpaired) electrons. The Hall–Kier alpha value is -1.55. The Kier molecular flexibility index (Phi) is 4.79. The zero-order valence-corrected chi connectivity index (χ0v) is 9.73. The van der Waals surface area contributed by atoms with Crippen LogP contribution in [0.2, 0.25) is 0 Å². The van der Waals surface area contributed by atoms with Gasteiger partial charge in [-0.3, -0.25) is 4.79 Å². The number of ether oxygens (including phenoxy) is 3. The summed E-state index contributed by atoms with van der Waals surface area (Å²) in [6.45, 7) is 3.44. The van der Waals surface area contributed by atoms with E-state index in [1.807, 2.05) is 31.2 Å². The van der Waals surface area contributed by atoms with E-state index in [9.17, 15) is 4.79 Å². The molecule has 0 saturated carbocycles. The molecule has 1 aromatic rings. The van der Waals surface area contributed by atoms with Crippen LogP contribution in [0.1, 0.15) is 25.5 Å². The average molecular weight is 224 g/mol. The smallest absolute Gasteiger partial charge is 0.303 e. The number of carbonyl (C=O) groups excluding carboxylic acids is 1. The van der Waals surface area contributed by atoms with Crippen LogP contribution in [0.25, 0.3) is 0 Å². The van der Waals surface area contributed by atoms with Crippen molar-refractivity contribution in [3.05, 3.63) is 29.8 Å². The first kappa shape index (κ1) is 12.5. The van der Waals surface area contributed by atoms with Crippen molar-refractivity contribution >= 4 is 5.97 Å². The van der Waals surface area contributed by atoms with Crippen LogP contribution in [0.4, 0.5) is 0 Å². The molecule has 4 nitrogen and oxygen atoms in total. The quantitative estimate of drug-likeness (QED) is 0.568. The van der Waals surface area contributed by atoms with E-state index in [0.29, 0.717) is 0 Å². The van der Waals surface area contributed by atoms with Crippen LogP contribution in [0.5, 0.6) is 5.75 Å². The van der Waals surface area contributed by atoms with Gasteiger partial charge < -0.3 is 14.2 Å². The number of carbonyl (C=O) groups is 1. The van der Waals surface area contributed by atoms with Crippen LogP contribution in [-0.4, -0.2) is 19.9 Å². The Morgan fingerprint density at radius 1 is 1.31 bits per heavy atom. The number of hydrogen-bond donors (Lipinski definition) is 0. The molecule has 0 fully saturated rings. The van der Waals surface area contributed by atoms with Crippen LogP contribution in [0.15, 0.2) is 24.3 Å². The zero-order chi connectivity index (χ0) is 12.0. The lowest BCUT2D eigenvalue weighted by atomic mass is 10.1. The molecule has 0 amide bonds. The second kappa shape index (κ2) is 6.12. The van der Waals surface area contributed by atoms with Gasteiger partial charge in [0.25, 0.3) is 0 Å². The highest BCUT2D eigenvalue weighted by Gasteiger charge is 2.08. The molecule has 1 rings (SSSR count). The number of rotatable bonds is 5. The maximum atomic E-state index is 10.8. The second-order valence-corrected chi connectivity index (χ2v) is 3.37. The fourth-order valence-electron chi connectivity index (χ4n) is 1.28. The summed E-state index contributed by atoms with van der Waals surface area (Å²) in [5.41, 5.74) is 0.931. The van der Waals surface area contributed by atoms with Crippen molar-refractivity contribution in [2.24, 2.45) is 0 Å². The highest BCUT2D eigenvalue weighted by atomic mass is 16.7. The van der Waals surface area contributed by atoms with Crippen molar-refractivity contribution in [2.45, 2.75) is 20.0 Å². The Morgan fingerprint density at radius 2 is 1.94 bits per heavy atom. The third-order valence-corrected chi connectivity index (χ3v) is 2.04. The maximum absolute atomic E-state index is 10.8. The second-order valence-electron chi connectivity index (χ2n) is 3.37. The van der Waals surface area contributed by atoms with Gasteiger partial charge in [-0.2, -0.15) is 0 Å². The van der Waals surface area contributed by atoms with Crippen molar-refractivity contribution in [1.29, 1.82) is 0 Å². The molecule has 0 saturated heterocycles. The Morgan fingerprint density at radius 3 is 2.44 bits per heavy atom. The molecule has 0 aliphatic carbocycles. The van der Waals surface area contributed by atoms with Gasteiger partial charge in [0.1, 0.15) is 11.9 Å². The van der Waals surface area contributed by atoms with Gasteiger partial charge in [-0.15, -0.1) is 0 Å². The van der Waals surface area contributed by atoms with Crippen molar-refractivity contribution in [2.75, 3.05) is 13.9 Å². The van der Waals surface area contributed by atoms with Gasteiger partial charge in [0.2, 0.25) is 0 Å². The average Bonchev–Trinajstić information content (AvgIpc) is 2.26. The topological polar surface area (TPSA) is 44.8 Å². The standard InChI is InChI=1S/C12H16O4/c1-9(16-10(2)13)11-4-6-12(7-5-11)15-8-14-3/h4-7,9H,8H2,1-3H3/t9-/m1/s1. The molecular weight excluding hydrogens is 208 g/mol. The number of hydrogen-bond acceptors (Lipinski definition) is 4. The van der Waals surface area contributed by atoms with Crippen LogP contribution in [-0.2, 0) is 14.3 Å². The molecule has 88 valence electrons. The highest BCUT2D eigenvalue weighted by Crippen LogP contribution is 2.20. The molecule has 0 N–H and O–H groups in total. The molecule has 0 heterocycles. The monoisotopic (exact) mass is 224 g/mol. The minimum atomic E-state index is -0.285. The molecule has 0 spiro atoms. The number of esters is 1. The van der Waals surface area contributed by atoms with E-state index < -0.39 is 0 Å². The summed E-state index contributed by atoms with van der Waals surface area (Å²) in [5.74, 6) is 0.438. The van der Waals surface area contributed by atoms with Gasteiger partial charge in [-0.05, 0) is 24.6 Å². The van der Waals surface area contributed by atoms with E-state index in [1.165, 1.54) is 6.92 Å². The summed E-state index contributed by atoms with van der Waals surface area (Å²) >= 11 is 0. The largest absolute Gasteiger partial charge is 0.468 e. The lowest BCUT2D eigenvalue weighted by molar-refractivity contribution is -0.145. The fraction of sp³-hybridized carbons (Fsp3) is 0.417. The van der Waals surface area contributed by atoms with E-state index in [-0.39, 0.29) is 18.9 Å². The van der Waals surface area contributed by atoms with Crippen LogP contribution < -0.4 is 4.74 Å². The molecule has 0 aliphatic rings. The van der Waals surface area contributed by atoms with Crippen LogP contribution in [0.3, 0.4) is 0 Å². The molecule has 16 heavy (non-hydrogen) atoms. The highest BCUT2D eigenvalue weighted by molar-refractivity contribution is 5.66. The van der Waals surface area contributed by atoms with E-state index in [0.717, 1.165) is 11.3 Å². The first-order valence-corrected chi connectivity index (χ1v) is 5.02. The summed E-state index contributed by atoms with van der Waals surface area (Å²) < 4.78 is 15.1. The van der Waals surface area contributed by atoms with Gasteiger partial charge in [0.05, 0.1) is 0 Å². The Balaban J connectivity index is 2.59. The molecule has 0 aliphatic heterocycles. The van der Waals surface area contributed by atoms with Gasteiger partial charge >= 0.3 is 5.97 Å². The summed E-state index contributed by atoms with van der Waals surface area (Å²) in [7, 11) is 1.57. The number of methoxy groups -OCH3 is 1. The predicted octanol–water partition coefficient (Wildman–Crippen LogP) is 2.29. The van der Waals surface area contributed by atoms with Crippen LogP contribution in [0, 0.1) is 0 Å². The third-order valence-electron chi connectivity index (χ3n) is 2.04. The molecule has 0 bridgehead atoms. The van der Waals surface area contributed by atoms with Crippen molar-refractivity contribution in [3.63, 3.8) is 0 Å². The van der Waals surface area contributed by atoms with Gasteiger partial charge in [-0.1, -0.05) is 12.1 Å². The van der Waals surface area contributed by atoms with E-state index in [2.05, 4.69) is 0 Å². The maximum Gasteiger partial charge on any atom is 0.303 e. The molecule has 1 atom stereocenters. The van der Waals surface area contributed by atoms with Crippen LogP contribution >= 0.6 is 0 Å². The lowest BCUT2D eigenvalue weighted by Crippen LogP contribution is -2.05. The molecule has 0 unspecified atom stereocenters. The summed E-state index contributed by atoms with van der Waals surface area (Å²) in [4.78, 5) is 10.8. The van der Waals surface area contributed by atoms with E-state index >= 15 is 0 Å². The minimum absolute atomic E-state index is 0.221. The fourth-order valence-corrected chi connectivity index (χ4v) is 1.28. The summed E-state index contributed by atoms with van der Waals surface area (Å²) in [5, 5.41) is 0. The molecule has 4 heteroatoms. The predicted molar refractivity (Wildman–Crippen MR) is 59.1 cm³/mol. The lowest BCUT2D eigenvalue weighted by Gasteiger charge is -2.12. The Bertz CT molecular complexity index is 331. The number of benzene rings is 1. The van der Waals surface area contributed by atoms with Gasteiger partial charge in [-0.25, -0.2) is 0 Å². The van der Waals surface area contributed by atoms with Gasteiger partial charge in [0, 0.05) is 14.0 Å². The summed E-state index contributed by atoms with van der Waals surface area (Å²) in [6.07, 6.45) is -0.242. The van der Waals surface area contributed by atoms with Crippen molar-refractivity contribution in [3.8, 4) is 5.75 Å².